The number of aromatic nitrogens is 5. The summed E-state index contributed by atoms with van der Waals surface area (Å²) in [6, 6.07) is 2.22. The van der Waals surface area contributed by atoms with Gasteiger partial charge in [-0.05, 0) is 72.5 Å². The minimum atomic E-state index is -0.539. The Balaban J connectivity index is 1.30. The highest BCUT2D eigenvalue weighted by atomic mass is 16.5. The van der Waals surface area contributed by atoms with E-state index in [9.17, 15) is 4.79 Å². The van der Waals surface area contributed by atoms with Crippen molar-refractivity contribution in [2.75, 3.05) is 27.2 Å². The molecule has 212 valence electrons. The highest BCUT2D eigenvalue weighted by molar-refractivity contribution is 5.91. The molecule has 1 saturated carbocycles. The molecule has 3 aromatic heterocycles. The molecule has 40 heavy (non-hydrogen) atoms. The summed E-state index contributed by atoms with van der Waals surface area (Å²) in [6.07, 6.45) is 11.3. The van der Waals surface area contributed by atoms with Gasteiger partial charge >= 0.3 is 0 Å². The predicted molar refractivity (Wildman–Crippen MR) is 149 cm³/mol. The van der Waals surface area contributed by atoms with Crippen molar-refractivity contribution < 1.29 is 14.1 Å². The molecular formula is C30H39N7O3. The molecule has 0 radical (unpaired) electrons. The number of fused-ring (bicyclic) bond motifs is 3. The van der Waals surface area contributed by atoms with Crippen molar-refractivity contribution in [2.45, 2.75) is 95.2 Å². The third-order valence-electron chi connectivity index (χ3n) is 9.65. The van der Waals surface area contributed by atoms with Crippen molar-refractivity contribution in [3.63, 3.8) is 0 Å². The summed E-state index contributed by atoms with van der Waals surface area (Å²) < 4.78 is 14.4. The minimum absolute atomic E-state index is 0.0306. The lowest BCUT2D eigenvalue weighted by atomic mass is 9.64. The molecular weight excluding hydrogens is 506 g/mol. The van der Waals surface area contributed by atoms with Crippen LogP contribution >= 0.6 is 0 Å². The summed E-state index contributed by atoms with van der Waals surface area (Å²) >= 11 is 0. The number of ketones is 1. The molecule has 1 spiro atoms. The average Bonchev–Trinajstić information content (AvgIpc) is 3.68. The van der Waals surface area contributed by atoms with E-state index in [4.69, 9.17) is 24.3 Å². The van der Waals surface area contributed by atoms with Crippen molar-refractivity contribution in [1.29, 1.82) is 0 Å². The van der Waals surface area contributed by atoms with E-state index in [1.807, 2.05) is 10.7 Å². The molecule has 10 heteroatoms. The fraction of sp³-hybridized carbons (Fsp3) is 0.633. The van der Waals surface area contributed by atoms with E-state index in [1.165, 1.54) is 12.0 Å². The van der Waals surface area contributed by atoms with Crippen molar-refractivity contribution in [3.8, 4) is 23.2 Å². The third kappa shape index (κ3) is 4.36. The van der Waals surface area contributed by atoms with Crippen molar-refractivity contribution in [1.82, 2.24) is 34.7 Å². The van der Waals surface area contributed by atoms with E-state index >= 15 is 0 Å². The van der Waals surface area contributed by atoms with Gasteiger partial charge in [0, 0.05) is 55.4 Å². The molecule has 2 fully saturated rings. The molecule has 0 amide bonds. The fourth-order valence-electron chi connectivity index (χ4n) is 7.44. The van der Waals surface area contributed by atoms with Crippen LogP contribution < -0.4 is 4.74 Å². The summed E-state index contributed by atoms with van der Waals surface area (Å²) in [5.41, 5.74) is 3.39. The minimum Gasteiger partial charge on any atom is -0.473 e. The SMILES string of the molecule is C[C@H](Oc1cc(-n2cc3c(n2)CCN(C)C3)nc(-c2noc3c2CCC[C@@]32CCCCC2=O)n1)[C@@H]1CCCN1C. The first kappa shape index (κ1) is 25.8. The van der Waals surface area contributed by atoms with Gasteiger partial charge in [0.25, 0.3) is 0 Å². The maximum absolute atomic E-state index is 13.2. The lowest BCUT2D eigenvalue weighted by Gasteiger charge is -2.36. The summed E-state index contributed by atoms with van der Waals surface area (Å²) in [4.78, 5) is 27.7. The number of Topliss-reactive ketones (excluding diaryl/α,β-unsaturated/α-hetero) is 1. The predicted octanol–water partition coefficient (Wildman–Crippen LogP) is 3.88. The Morgan fingerprint density at radius 1 is 1.07 bits per heavy atom. The Bertz CT molecular complexity index is 1430. The number of ether oxygens (including phenoxy) is 1. The van der Waals surface area contributed by atoms with Crippen LogP contribution in [-0.2, 0) is 29.6 Å². The number of rotatable bonds is 5. The first-order valence-electron chi connectivity index (χ1n) is 15.0. The van der Waals surface area contributed by atoms with Crippen LogP contribution in [0.15, 0.2) is 16.8 Å². The van der Waals surface area contributed by atoms with Gasteiger partial charge in [0.1, 0.15) is 11.9 Å². The first-order valence-corrected chi connectivity index (χ1v) is 15.0. The van der Waals surface area contributed by atoms with Crippen molar-refractivity contribution >= 4 is 5.78 Å². The summed E-state index contributed by atoms with van der Waals surface area (Å²) in [5, 5.41) is 9.42. The van der Waals surface area contributed by atoms with Crippen LogP contribution in [0.2, 0.25) is 0 Å². The van der Waals surface area contributed by atoms with Crippen LogP contribution in [0.3, 0.4) is 0 Å². The number of carbonyl (C=O) groups excluding carboxylic acids is 1. The zero-order chi connectivity index (χ0) is 27.4. The molecule has 1 saturated heterocycles. The number of carbonyl (C=O) groups is 1. The topological polar surface area (TPSA) is 102 Å². The Hall–Kier alpha value is -3.11. The molecule has 2 aliphatic carbocycles. The van der Waals surface area contributed by atoms with E-state index in [0.717, 1.165) is 88.0 Å². The van der Waals surface area contributed by atoms with Crippen molar-refractivity contribution in [3.05, 3.63) is 34.8 Å². The molecule has 3 atom stereocenters. The second kappa shape index (κ2) is 10.1. The second-order valence-corrected chi connectivity index (χ2v) is 12.3. The van der Waals surface area contributed by atoms with Crippen LogP contribution in [0.25, 0.3) is 17.3 Å². The zero-order valence-electron chi connectivity index (χ0n) is 23.9. The maximum Gasteiger partial charge on any atom is 0.219 e. The molecule has 10 nitrogen and oxygen atoms in total. The Labute approximate surface area is 235 Å². The van der Waals surface area contributed by atoms with E-state index in [-0.39, 0.29) is 6.10 Å². The second-order valence-electron chi connectivity index (χ2n) is 12.3. The smallest absolute Gasteiger partial charge is 0.219 e. The molecule has 7 rings (SSSR count). The number of likely N-dealkylation sites (N-methyl/N-ethyl adjacent to an activating group) is 2. The molecule has 0 aromatic carbocycles. The molecule has 2 aliphatic heterocycles. The van der Waals surface area contributed by atoms with Gasteiger partial charge in [-0.2, -0.15) is 10.1 Å². The third-order valence-corrected chi connectivity index (χ3v) is 9.65. The Kier molecular flexibility index (Phi) is 6.50. The zero-order valence-corrected chi connectivity index (χ0v) is 23.9. The van der Waals surface area contributed by atoms with Gasteiger partial charge in [-0.1, -0.05) is 11.6 Å². The Morgan fingerprint density at radius 3 is 2.77 bits per heavy atom. The number of hydrogen-bond donors (Lipinski definition) is 0. The van der Waals surface area contributed by atoms with Gasteiger partial charge in [-0.15, -0.1) is 0 Å². The summed E-state index contributed by atoms with van der Waals surface area (Å²) in [7, 11) is 4.29. The van der Waals surface area contributed by atoms with Gasteiger partial charge < -0.3 is 14.2 Å². The molecule has 5 heterocycles. The average molecular weight is 546 g/mol. The number of likely N-dealkylation sites (tertiary alicyclic amines) is 1. The molecule has 0 unspecified atom stereocenters. The van der Waals surface area contributed by atoms with Crippen LogP contribution in [-0.4, -0.2) is 79.8 Å². The van der Waals surface area contributed by atoms with Crippen LogP contribution in [0.4, 0.5) is 0 Å². The van der Waals surface area contributed by atoms with E-state index < -0.39 is 5.41 Å². The molecule has 4 aliphatic rings. The summed E-state index contributed by atoms with van der Waals surface area (Å²) in [6.45, 7) is 5.06. The highest BCUT2D eigenvalue weighted by Crippen LogP contribution is 2.47. The lowest BCUT2D eigenvalue weighted by Crippen LogP contribution is -2.41. The number of hydrogen-bond acceptors (Lipinski definition) is 9. The highest BCUT2D eigenvalue weighted by Gasteiger charge is 2.48. The van der Waals surface area contributed by atoms with Crippen LogP contribution in [0.5, 0.6) is 5.88 Å². The fourth-order valence-corrected chi connectivity index (χ4v) is 7.44. The molecule has 3 aromatic rings. The molecule has 0 N–H and O–H groups in total. The van der Waals surface area contributed by atoms with E-state index in [1.54, 1.807) is 0 Å². The molecule has 0 bridgehead atoms. The standard InChI is InChI=1S/C30H39N7O3/c1-19(23-9-7-14-36(23)3)39-26-16-25(37-18-20-17-35(2)15-11-22(20)33-37)31-29(32-26)27-21-8-6-13-30(28(21)40-34-27)12-5-4-10-24(30)38/h16,18-19,23H,4-15,17H2,1-3H3/t19-,23-,30+/m0/s1. The van der Waals surface area contributed by atoms with Gasteiger partial charge in [0.15, 0.2) is 23.1 Å². The van der Waals surface area contributed by atoms with Gasteiger partial charge in [0.2, 0.25) is 5.88 Å². The van der Waals surface area contributed by atoms with Crippen LogP contribution in [0.1, 0.15) is 80.9 Å². The first-order chi connectivity index (χ1) is 19.4. The van der Waals surface area contributed by atoms with Gasteiger partial charge in [-0.25, -0.2) is 9.67 Å². The maximum atomic E-state index is 13.2. The normalized spacial score (nSPS) is 26.2. The number of nitrogens with zero attached hydrogens (tertiary/aromatic N) is 7. The van der Waals surface area contributed by atoms with Gasteiger partial charge in [0.05, 0.1) is 11.1 Å². The summed E-state index contributed by atoms with van der Waals surface area (Å²) in [5.74, 6) is 2.67. The Morgan fingerprint density at radius 2 is 1.95 bits per heavy atom. The van der Waals surface area contributed by atoms with Crippen molar-refractivity contribution in [2.24, 2.45) is 0 Å². The van der Waals surface area contributed by atoms with E-state index in [2.05, 4.69) is 42.2 Å². The van der Waals surface area contributed by atoms with Crippen LogP contribution in [0, 0.1) is 0 Å². The largest absolute Gasteiger partial charge is 0.473 e. The lowest BCUT2D eigenvalue weighted by molar-refractivity contribution is -0.128. The van der Waals surface area contributed by atoms with Gasteiger partial charge in [-0.3, -0.25) is 9.69 Å². The quantitative estimate of drug-likeness (QED) is 0.473. The monoisotopic (exact) mass is 545 g/mol. The van der Waals surface area contributed by atoms with E-state index in [0.29, 0.717) is 41.5 Å².